The van der Waals surface area contributed by atoms with Gasteiger partial charge >= 0.3 is 0 Å². The number of rotatable bonds is 6. The maximum atomic E-state index is 14.5. The number of benzene rings is 5. The van der Waals surface area contributed by atoms with Gasteiger partial charge in [0.15, 0.2) is 0 Å². The molecule has 0 amide bonds. The van der Waals surface area contributed by atoms with Crippen LogP contribution in [0.2, 0.25) is 0 Å². The Bertz CT molecular complexity index is 2680. The van der Waals surface area contributed by atoms with E-state index in [1.54, 1.807) is 34.1 Å². The fourth-order valence-electron chi connectivity index (χ4n) is 7.13. The smallest absolute Gasteiger partial charge is 0.123 e. The molecule has 0 bridgehead atoms. The van der Waals surface area contributed by atoms with Gasteiger partial charge in [0.25, 0.3) is 0 Å². The van der Waals surface area contributed by atoms with E-state index in [9.17, 15) is 14.3 Å². The van der Waals surface area contributed by atoms with Gasteiger partial charge in [-0.15, -0.1) is 0 Å². The zero-order chi connectivity index (χ0) is 43.3. The van der Waals surface area contributed by atoms with Crippen molar-refractivity contribution in [1.29, 1.82) is 0 Å². The van der Waals surface area contributed by atoms with E-state index in [-0.39, 0.29) is 77.1 Å². The molecule has 3 aliphatic carbocycles. The van der Waals surface area contributed by atoms with Gasteiger partial charge in [-0.2, -0.15) is 0 Å². The Morgan fingerprint density at radius 1 is 0.538 bits per heavy atom. The molecule has 0 spiro atoms. The minimum Gasteiger partial charge on any atom is -0.310 e. The standard InChI is InChI=1S/C48H44F2N2/c1-47(2,3)33-11-19-37(20-12-33)51(39-23-15-35(49)16-24-39)43-29-9-31-8-28-42-44(30-10-32-7-27-41(43)45(31)46(32)42)52(40-25-17-36(50)18-26-40)38-21-13-34(14-22-38)48(4,5)6/h7-31,45H,1-6H3/i11D,12D,13D,14D,19D,20D,21D,22D. The molecule has 0 radical (unpaired) electrons. The molecule has 2 nitrogen and oxygen atoms in total. The third-order valence-corrected chi connectivity index (χ3v) is 9.85. The number of anilines is 5. The predicted octanol–water partition coefficient (Wildman–Crippen LogP) is 13.4. The van der Waals surface area contributed by atoms with E-state index in [4.69, 9.17) is 5.48 Å². The summed E-state index contributed by atoms with van der Waals surface area (Å²) in [6.07, 6.45) is 11.9. The van der Waals surface area contributed by atoms with Crippen molar-refractivity contribution in [2.75, 3.05) is 9.80 Å². The van der Waals surface area contributed by atoms with Gasteiger partial charge in [0.1, 0.15) is 11.6 Å². The molecular formula is C48H44F2N2. The molecule has 0 fully saturated rings. The van der Waals surface area contributed by atoms with Crippen LogP contribution in [-0.2, 0) is 10.8 Å². The summed E-state index contributed by atoms with van der Waals surface area (Å²) in [6, 6.07) is 13.7. The first-order chi connectivity index (χ1) is 28.2. The number of halogens is 2. The second-order valence-electron chi connectivity index (χ2n) is 15.5. The van der Waals surface area contributed by atoms with Crippen LogP contribution in [-0.4, -0.2) is 0 Å². The summed E-state index contributed by atoms with van der Waals surface area (Å²) in [7, 11) is 0. The SMILES string of the molecule is [2H]c1c([2H])c(C(C)(C)C)c([2H])c([2H])c1N(C1=C2C=Cc3ccc(N(c4ccc(F)cc4)c4c([2H])c([2H])c(C(C)(C)C)c([2H])c4[2H])c4c3C2C(C=C1)C=C4)c1ccc(F)cc1. The fourth-order valence-corrected chi connectivity index (χ4v) is 7.13. The molecule has 2 unspecified atom stereocenters. The summed E-state index contributed by atoms with van der Waals surface area (Å²) in [5.74, 6) is -1.43. The van der Waals surface area contributed by atoms with E-state index in [1.807, 2.05) is 84.1 Å². The summed E-state index contributed by atoms with van der Waals surface area (Å²) in [5, 5.41) is 0. The van der Waals surface area contributed by atoms with Gasteiger partial charge in [0, 0.05) is 45.8 Å². The van der Waals surface area contributed by atoms with Crippen molar-refractivity contribution < 1.29 is 19.7 Å². The molecule has 0 N–H and O–H groups in total. The second-order valence-corrected chi connectivity index (χ2v) is 15.5. The number of hydrogen-bond acceptors (Lipinski definition) is 2. The molecule has 0 saturated heterocycles. The van der Waals surface area contributed by atoms with Crippen LogP contribution >= 0.6 is 0 Å². The topological polar surface area (TPSA) is 6.48 Å². The highest BCUT2D eigenvalue weighted by atomic mass is 19.1. The van der Waals surface area contributed by atoms with Gasteiger partial charge in [-0.25, -0.2) is 8.78 Å². The first kappa shape index (κ1) is 25.5. The van der Waals surface area contributed by atoms with Crippen molar-refractivity contribution in [3.05, 3.63) is 184 Å². The summed E-state index contributed by atoms with van der Waals surface area (Å²) in [6.45, 7) is 11.1. The van der Waals surface area contributed by atoms with Crippen molar-refractivity contribution in [3.63, 3.8) is 0 Å². The normalized spacial score (nSPS) is 19.5. The molecule has 0 saturated carbocycles. The van der Waals surface area contributed by atoms with Crippen LogP contribution in [0.5, 0.6) is 0 Å². The Hall–Kier alpha value is -5.48. The molecule has 2 atom stereocenters. The monoisotopic (exact) mass is 694 g/mol. The Labute approximate surface area is 318 Å². The van der Waals surface area contributed by atoms with Crippen molar-refractivity contribution in [2.45, 2.75) is 58.3 Å². The van der Waals surface area contributed by atoms with Gasteiger partial charge < -0.3 is 9.80 Å². The number of nitrogens with zero attached hydrogens (tertiary/aromatic N) is 2. The molecule has 8 rings (SSSR count). The van der Waals surface area contributed by atoms with Crippen molar-refractivity contribution >= 4 is 40.6 Å². The van der Waals surface area contributed by atoms with Gasteiger partial charge in [-0.05, 0) is 123 Å². The van der Waals surface area contributed by atoms with Crippen LogP contribution in [0.1, 0.15) is 86.2 Å². The van der Waals surface area contributed by atoms with Crippen molar-refractivity contribution in [3.8, 4) is 0 Å². The van der Waals surface area contributed by atoms with E-state index in [2.05, 4.69) is 6.08 Å². The van der Waals surface area contributed by atoms with E-state index in [0.29, 0.717) is 28.3 Å². The highest BCUT2D eigenvalue weighted by molar-refractivity contribution is 5.89. The van der Waals surface area contributed by atoms with Crippen LogP contribution in [0.4, 0.5) is 37.2 Å². The molecule has 52 heavy (non-hydrogen) atoms. The average molecular weight is 695 g/mol. The number of hydrogen-bond donors (Lipinski definition) is 0. The molecule has 3 aliphatic rings. The number of allylic oxidation sites excluding steroid dienone is 5. The van der Waals surface area contributed by atoms with Crippen LogP contribution in [0.25, 0.3) is 12.2 Å². The molecule has 5 aromatic rings. The first-order valence-electron chi connectivity index (χ1n) is 21.5. The summed E-state index contributed by atoms with van der Waals surface area (Å²) < 4.78 is 103. The lowest BCUT2D eigenvalue weighted by Crippen LogP contribution is -2.28. The Morgan fingerprint density at radius 2 is 1.04 bits per heavy atom. The lowest BCUT2D eigenvalue weighted by molar-refractivity contribution is 0.590. The fraction of sp³-hybridized carbons (Fsp3) is 0.208. The molecule has 0 aliphatic heterocycles. The van der Waals surface area contributed by atoms with Gasteiger partial charge in [-0.1, -0.05) is 102 Å². The second kappa shape index (κ2) is 12.6. The lowest BCUT2D eigenvalue weighted by Gasteiger charge is -2.41. The summed E-state index contributed by atoms with van der Waals surface area (Å²) >= 11 is 0. The quantitative estimate of drug-likeness (QED) is 0.175. The van der Waals surface area contributed by atoms with Gasteiger partial charge in [-0.3, -0.25) is 0 Å². The Balaban J connectivity index is 1.38. The van der Waals surface area contributed by atoms with Crippen LogP contribution in [0.3, 0.4) is 0 Å². The molecule has 0 heterocycles. The van der Waals surface area contributed by atoms with E-state index in [1.165, 1.54) is 24.3 Å². The molecule has 5 aromatic carbocycles. The first-order valence-corrected chi connectivity index (χ1v) is 17.5. The van der Waals surface area contributed by atoms with Crippen molar-refractivity contribution in [1.82, 2.24) is 0 Å². The van der Waals surface area contributed by atoms with Crippen LogP contribution < -0.4 is 9.80 Å². The molecule has 260 valence electrons. The minimum atomic E-state index is -0.682. The van der Waals surface area contributed by atoms with Gasteiger partial charge in [0.2, 0.25) is 0 Å². The zero-order valence-corrected chi connectivity index (χ0v) is 30.0. The predicted molar refractivity (Wildman–Crippen MR) is 214 cm³/mol. The lowest BCUT2D eigenvalue weighted by atomic mass is 9.68. The van der Waals surface area contributed by atoms with E-state index < -0.39 is 22.5 Å². The van der Waals surface area contributed by atoms with Gasteiger partial charge in [0.05, 0.1) is 16.7 Å². The minimum absolute atomic E-state index is 0.0206. The average Bonchev–Trinajstić information content (AvgIpc) is 3.19. The van der Waals surface area contributed by atoms with Crippen molar-refractivity contribution in [2.24, 2.45) is 5.92 Å². The maximum absolute atomic E-state index is 14.5. The highest BCUT2D eigenvalue weighted by Crippen LogP contribution is 2.53. The molecular weight excluding hydrogens is 643 g/mol. The zero-order valence-electron chi connectivity index (χ0n) is 38.0. The largest absolute Gasteiger partial charge is 0.310 e. The van der Waals surface area contributed by atoms with Crippen LogP contribution in [0.15, 0.2) is 145 Å². The van der Waals surface area contributed by atoms with E-state index in [0.717, 1.165) is 22.3 Å². The summed E-state index contributed by atoms with van der Waals surface area (Å²) in [5.41, 5.74) is 4.64. The third kappa shape index (κ3) is 6.00. The Kier molecular flexibility index (Phi) is 6.19. The molecule has 0 aromatic heterocycles. The highest BCUT2D eigenvalue weighted by Gasteiger charge is 2.38. The molecule has 4 heteroatoms. The maximum Gasteiger partial charge on any atom is 0.123 e. The van der Waals surface area contributed by atoms with E-state index >= 15 is 0 Å². The van der Waals surface area contributed by atoms with Crippen LogP contribution in [0, 0.1) is 17.6 Å². The Morgan fingerprint density at radius 3 is 1.58 bits per heavy atom. The third-order valence-electron chi connectivity index (χ3n) is 9.85. The summed E-state index contributed by atoms with van der Waals surface area (Å²) in [4.78, 5) is 3.35.